The van der Waals surface area contributed by atoms with Gasteiger partial charge in [-0.2, -0.15) is 0 Å². The average molecular weight is 399 g/mol. The zero-order chi connectivity index (χ0) is 19.9. The Morgan fingerprint density at radius 1 is 1.11 bits per heavy atom. The van der Waals surface area contributed by atoms with Crippen LogP contribution in [-0.2, 0) is 11.4 Å². The number of aryl methyl sites for hydroxylation is 1. The Hall–Kier alpha value is -3.00. The van der Waals surface area contributed by atoms with Crippen molar-refractivity contribution in [2.24, 2.45) is 0 Å². The largest absolute Gasteiger partial charge is 0.497 e. The van der Waals surface area contributed by atoms with Crippen molar-refractivity contribution in [1.29, 1.82) is 0 Å². The summed E-state index contributed by atoms with van der Waals surface area (Å²) in [5, 5.41) is 11.1. The molecule has 1 heterocycles. The number of nitrogens with zero attached hydrogens (tertiary/aromatic N) is 2. The molecule has 3 aromatic rings. The monoisotopic (exact) mass is 399 g/mol. The normalized spacial score (nSPS) is 10.5. The number of anilines is 1. The summed E-state index contributed by atoms with van der Waals surface area (Å²) < 4.78 is 16.2. The minimum atomic E-state index is -0.132. The first-order valence-electron chi connectivity index (χ1n) is 8.63. The minimum Gasteiger partial charge on any atom is -0.497 e. The van der Waals surface area contributed by atoms with E-state index >= 15 is 0 Å². The maximum Gasteiger partial charge on any atom is 0.277 e. The molecule has 2 aromatic carbocycles. The van der Waals surface area contributed by atoms with Crippen molar-refractivity contribution in [1.82, 2.24) is 10.2 Å². The van der Waals surface area contributed by atoms with Gasteiger partial charge in [0, 0.05) is 5.69 Å². The molecule has 1 N–H and O–H groups in total. The summed E-state index contributed by atoms with van der Waals surface area (Å²) in [5.41, 5.74) is 2.99. The lowest BCUT2D eigenvalue weighted by atomic mass is 10.1. The molecule has 0 radical (unpaired) electrons. The molecule has 1 aromatic heterocycles. The highest BCUT2D eigenvalue weighted by Crippen LogP contribution is 2.21. The van der Waals surface area contributed by atoms with E-state index in [1.807, 2.05) is 32.0 Å². The lowest BCUT2D eigenvalue weighted by molar-refractivity contribution is -0.113. The van der Waals surface area contributed by atoms with Crippen molar-refractivity contribution in [2.75, 3.05) is 18.2 Å². The molecule has 0 fully saturated rings. The van der Waals surface area contributed by atoms with Gasteiger partial charge in [-0.05, 0) is 55.3 Å². The highest BCUT2D eigenvalue weighted by atomic mass is 32.2. The van der Waals surface area contributed by atoms with E-state index in [0.717, 1.165) is 22.6 Å². The Bertz CT molecular complexity index is 941. The van der Waals surface area contributed by atoms with Crippen LogP contribution >= 0.6 is 11.8 Å². The van der Waals surface area contributed by atoms with Gasteiger partial charge in [0.15, 0.2) is 6.61 Å². The summed E-state index contributed by atoms with van der Waals surface area (Å²) in [6.07, 6.45) is 0. The number of ether oxygens (including phenoxy) is 2. The molecule has 0 bridgehead atoms. The SMILES string of the molecule is COc1ccc(OCc2nnc(SCC(=O)Nc3cccc(C)c3C)o2)cc1. The van der Waals surface area contributed by atoms with Crippen LogP contribution in [0.15, 0.2) is 52.1 Å². The van der Waals surface area contributed by atoms with Crippen molar-refractivity contribution < 1.29 is 18.7 Å². The third-order valence-corrected chi connectivity index (χ3v) is 4.89. The predicted octanol–water partition coefficient (Wildman–Crippen LogP) is 4.00. The van der Waals surface area contributed by atoms with Gasteiger partial charge < -0.3 is 19.2 Å². The molecule has 0 aliphatic carbocycles. The molecule has 0 atom stereocenters. The number of hydrogen-bond donors (Lipinski definition) is 1. The Labute approximate surface area is 167 Å². The maximum absolute atomic E-state index is 12.2. The molecule has 3 rings (SSSR count). The van der Waals surface area contributed by atoms with Crippen molar-refractivity contribution in [3.8, 4) is 11.5 Å². The second-order valence-corrected chi connectivity index (χ2v) is 6.94. The van der Waals surface area contributed by atoms with Gasteiger partial charge in [0.25, 0.3) is 11.1 Å². The first-order valence-corrected chi connectivity index (χ1v) is 9.62. The fourth-order valence-electron chi connectivity index (χ4n) is 2.37. The summed E-state index contributed by atoms with van der Waals surface area (Å²) >= 11 is 1.18. The third kappa shape index (κ3) is 5.26. The van der Waals surface area contributed by atoms with Crippen LogP contribution in [0.4, 0.5) is 5.69 Å². The molecule has 146 valence electrons. The van der Waals surface area contributed by atoms with E-state index in [9.17, 15) is 4.79 Å². The van der Waals surface area contributed by atoms with Gasteiger partial charge in [0.05, 0.1) is 12.9 Å². The molecule has 8 heteroatoms. The summed E-state index contributed by atoms with van der Waals surface area (Å²) in [4.78, 5) is 12.2. The first-order chi connectivity index (χ1) is 13.5. The molecular weight excluding hydrogens is 378 g/mol. The van der Waals surface area contributed by atoms with Gasteiger partial charge in [-0.3, -0.25) is 4.79 Å². The van der Waals surface area contributed by atoms with Crippen LogP contribution in [0.1, 0.15) is 17.0 Å². The zero-order valence-electron chi connectivity index (χ0n) is 15.9. The number of thioether (sulfide) groups is 1. The number of hydrogen-bond acceptors (Lipinski definition) is 7. The smallest absolute Gasteiger partial charge is 0.277 e. The Balaban J connectivity index is 1.47. The first kappa shape index (κ1) is 19.8. The Morgan fingerprint density at radius 3 is 2.61 bits per heavy atom. The van der Waals surface area contributed by atoms with E-state index in [4.69, 9.17) is 13.9 Å². The van der Waals surface area contributed by atoms with Gasteiger partial charge >= 0.3 is 0 Å². The van der Waals surface area contributed by atoms with E-state index in [2.05, 4.69) is 15.5 Å². The molecule has 0 spiro atoms. The van der Waals surface area contributed by atoms with Crippen molar-refractivity contribution >= 4 is 23.4 Å². The quantitative estimate of drug-likeness (QED) is 0.573. The number of carbonyl (C=O) groups excluding carboxylic acids is 1. The number of methoxy groups -OCH3 is 1. The highest BCUT2D eigenvalue weighted by Gasteiger charge is 2.11. The van der Waals surface area contributed by atoms with Crippen LogP contribution < -0.4 is 14.8 Å². The number of nitrogens with one attached hydrogen (secondary N) is 1. The number of rotatable bonds is 8. The summed E-state index contributed by atoms with van der Waals surface area (Å²) in [6, 6.07) is 13.0. The Morgan fingerprint density at radius 2 is 1.86 bits per heavy atom. The van der Waals surface area contributed by atoms with Gasteiger partial charge in [0.2, 0.25) is 5.91 Å². The van der Waals surface area contributed by atoms with E-state index in [-0.39, 0.29) is 18.3 Å². The van der Waals surface area contributed by atoms with Gasteiger partial charge in [-0.15, -0.1) is 10.2 Å². The molecule has 0 unspecified atom stereocenters. The fourth-order valence-corrected chi connectivity index (χ4v) is 2.95. The van der Waals surface area contributed by atoms with Crippen molar-refractivity contribution in [3.63, 3.8) is 0 Å². The van der Waals surface area contributed by atoms with Gasteiger partial charge in [-0.25, -0.2) is 0 Å². The van der Waals surface area contributed by atoms with Gasteiger partial charge in [0.1, 0.15) is 11.5 Å². The molecule has 28 heavy (non-hydrogen) atoms. The molecule has 0 aliphatic heterocycles. The lowest BCUT2D eigenvalue weighted by Gasteiger charge is -2.09. The highest BCUT2D eigenvalue weighted by molar-refractivity contribution is 7.99. The second kappa shape index (κ2) is 9.27. The van der Waals surface area contributed by atoms with Crippen LogP contribution in [0, 0.1) is 13.8 Å². The van der Waals surface area contributed by atoms with Crippen LogP contribution in [0.25, 0.3) is 0 Å². The van der Waals surface area contributed by atoms with Crippen LogP contribution in [-0.4, -0.2) is 29.0 Å². The van der Waals surface area contributed by atoms with E-state index in [1.54, 1.807) is 31.4 Å². The Kier molecular flexibility index (Phi) is 6.54. The topological polar surface area (TPSA) is 86.5 Å². The lowest BCUT2D eigenvalue weighted by Crippen LogP contribution is -2.15. The minimum absolute atomic E-state index is 0.132. The molecule has 1 amide bonds. The summed E-state index contributed by atoms with van der Waals surface area (Å²) in [6.45, 7) is 4.13. The molecule has 0 saturated carbocycles. The van der Waals surface area contributed by atoms with E-state index in [0.29, 0.717) is 16.9 Å². The molecule has 7 nitrogen and oxygen atoms in total. The van der Waals surface area contributed by atoms with Crippen LogP contribution in [0.5, 0.6) is 11.5 Å². The molecular formula is C20H21N3O4S. The standard InChI is InChI=1S/C20H21N3O4S/c1-13-5-4-6-17(14(13)2)21-18(24)12-28-20-23-22-19(27-20)11-26-16-9-7-15(25-3)8-10-16/h4-10H,11-12H2,1-3H3,(H,21,24). The van der Waals surface area contributed by atoms with Crippen molar-refractivity contribution in [3.05, 3.63) is 59.5 Å². The van der Waals surface area contributed by atoms with E-state index in [1.165, 1.54) is 11.8 Å². The molecule has 0 aliphatic rings. The zero-order valence-corrected chi connectivity index (χ0v) is 16.7. The average Bonchev–Trinajstić information content (AvgIpc) is 3.17. The fraction of sp³-hybridized carbons (Fsp3) is 0.250. The van der Waals surface area contributed by atoms with Crippen LogP contribution in [0.2, 0.25) is 0 Å². The second-order valence-electron chi connectivity index (χ2n) is 6.01. The predicted molar refractivity (Wildman–Crippen MR) is 107 cm³/mol. The van der Waals surface area contributed by atoms with Crippen molar-refractivity contribution in [2.45, 2.75) is 25.7 Å². The number of amides is 1. The third-order valence-electron chi connectivity index (χ3n) is 4.08. The maximum atomic E-state index is 12.2. The van der Waals surface area contributed by atoms with Crippen LogP contribution in [0.3, 0.4) is 0 Å². The number of carbonyl (C=O) groups is 1. The number of benzene rings is 2. The van der Waals surface area contributed by atoms with Gasteiger partial charge in [-0.1, -0.05) is 23.9 Å². The summed E-state index contributed by atoms with van der Waals surface area (Å²) in [7, 11) is 1.61. The molecule has 0 saturated heterocycles. The van der Waals surface area contributed by atoms with E-state index < -0.39 is 0 Å². The summed E-state index contributed by atoms with van der Waals surface area (Å²) in [5.74, 6) is 1.80. The number of aromatic nitrogens is 2.